The molecule has 0 amide bonds. The molecule has 5 nitrogen and oxygen atoms in total. The van der Waals surface area contributed by atoms with E-state index >= 15 is 0 Å². The summed E-state index contributed by atoms with van der Waals surface area (Å²) < 4.78 is 4.79. The summed E-state index contributed by atoms with van der Waals surface area (Å²) in [4.78, 5) is 14.8. The first-order valence-corrected chi connectivity index (χ1v) is 18.9. The Balaban J connectivity index is 1.03. The monoisotopic (exact) mass is 715 g/mol. The molecule has 0 saturated carbocycles. The van der Waals surface area contributed by atoms with E-state index in [1.54, 1.807) is 0 Å². The average molecular weight is 716 g/mol. The highest BCUT2D eigenvalue weighted by molar-refractivity contribution is 6.19. The molecule has 56 heavy (non-hydrogen) atoms. The van der Waals surface area contributed by atoms with E-state index in [2.05, 4.69) is 149 Å². The van der Waals surface area contributed by atoms with Crippen molar-refractivity contribution in [2.75, 3.05) is 0 Å². The Bertz CT molecular complexity index is 3160. The second-order valence-corrected chi connectivity index (χ2v) is 14.1. The SMILES string of the molecule is c1ccc(-c2nc(-c3ccccc3)nc(-c3cccc(-c4ccc(-n5c6ccccc6c6cc7c8ccccc8n(-c8ccccc8)c7cc65)cc4)c3)n2)cc1. The second kappa shape index (κ2) is 13.0. The molecule has 3 aromatic heterocycles. The number of para-hydroxylation sites is 3. The molecule has 11 rings (SSSR count). The second-order valence-electron chi connectivity index (χ2n) is 14.1. The van der Waals surface area contributed by atoms with Crippen LogP contribution in [0.1, 0.15) is 0 Å². The highest BCUT2D eigenvalue weighted by Gasteiger charge is 2.19. The fourth-order valence-corrected chi connectivity index (χ4v) is 8.14. The maximum atomic E-state index is 4.97. The topological polar surface area (TPSA) is 48.5 Å². The van der Waals surface area contributed by atoms with Gasteiger partial charge in [0, 0.05) is 49.6 Å². The summed E-state index contributed by atoms with van der Waals surface area (Å²) in [6.07, 6.45) is 0. The number of nitrogens with zero attached hydrogens (tertiary/aromatic N) is 5. The van der Waals surface area contributed by atoms with Gasteiger partial charge < -0.3 is 9.13 Å². The minimum absolute atomic E-state index is 0.640. The zero-order valence-electron chi connectivity index (χ0n) is 30.3. The fourth-order valence-electron chi connectivity index (χ4n) is 8.14. The Labute approximate surface area is 323 Å². The molecule has 262 valence electrons. The summed E-state index contributed by atoms with van der Waals surface area (Å²) in [6, 6.07) is 70.4. The molecule has 0 spiro atoms. The van der Waals surface area contributed by atoms with Gasteiger partial charge in [0.2, 0.25) is 0 Å². The smallest absolute Gasteiger partial charge is 0.164 e. The molecular formula is C51H33N5. The van der Waals surface area contributed by atoms with E-state index in [4.69, 9.17) is 15.0 Å². The van der Waals surface area contributed by atoms with Crippen LogP contribution in [-0.2, 0) is 0 Å². The van der Waals surface area contributed by atoms with Gasteiger partial charge in [-0.05, 0) is 65.7 Å². The van der Waals surface area contributed by atoms with Crippen LogP contribution >= 0.6 is 0 Å². The lowest BCUT2D eigenvalue weighted by molar-refractivity contribution is 1.07. The number of fused-ring (bicyclic) bond motifs is 6. The number of aromatic nitrogens is 5. The van der Waals surface area contributed by atoms with Crippen LogP contribution in [0.25, 0.3) is 100 Å². The van der Waals surface area contributed by atoms with Crippen molar-refractivity contribution in [3.05, 3.63) is 200 Å². The van der Waals surface area contributed by atoms with Gasteiger partial charge in [-0.15, -0.1) is 0 Å². The molecule has 0 fully saturated rings. The van der Waals surface area contributed by atoms with E-state index in [0.29, 0.717) is 17.5 Å². The Morgan fingerprint density at radius 3 is 1.23 bits per heavy atom. The van der Waals surface area contributed by atoms with Crippen molar-refractivity contribution >= 4 is 43.6 Å². The van der Waals surface area contributed by atoms with E-state index in [1.807, 2.05) is 60.7 Å². The van der Waals surface area contributed by atoms with Gasteiger partial charge in [-0.25, -0.2) is 15.0 Å². The molecule has 11 aromatic rings. The average Bonchev–Trinajstić information content (AvgIpc) is 3.78. The van der Waals surface area contributed by atoms with E-state index in [-0.39, 0.29) is 0 Å². The van der Waals surface area contributed by atoms with Gasteiger partial charge in [0.05, 0.1) is 22.1 Å². The molecule has 0 saturated heterocycles. The minimum Gasteiger partial charge on any atom is -0.309 e. The summed E-state index contributed by atoms with van der Waals surface area (Å²) >= 11 is 0. The molecule has 8 aromatic carbocycles. The highest BCUT2D eigenvalue weighted by atomic mass is 15.0. The first-order chi connectivity index (χ1) is 27.8. The Kier molecular flexibility index (Phi) is 7.42. The van der Waals surface area contributed by atoms with Crippen LogP contribution in [0.4, 0.5) is 0 Å². The molecule has 0 bridgehead atoms. The minimum atomic E-state index is 0.640. The van der Waals surface area contributed by atoms with E-state index in [9.17, 15) is 0 Å². The Hall–Kier alpha value is -7.63. The summed E-state index contributed by atoms with van der Waals surface area (Å²) in [5.41, 5.74) is 12.0. The van der Waals surface area contributed by atoms with E-state index < -0.39 is 0 Å². The lowest BCUT2D eigenvalue weighted by Crippen LogP contribution is -2.00. The molecule has 0 N–H and O–H groups in total. The quantitative estimate of drug-likeness (QED) is 0.172. The molecule has 0 unspecified atom stereocenters. The molecule has 0 aliphatic carbocycles. The molecular weight excluding hydrogens is 683 g/mol. The number of benzene rings is 8. The van der Waals surface area contributed by atoms with Gasteiger partial charge in [0.25, 0.3) is 0 Å². The fraction of sp³-hybridized carbons (Fsp3) is 0. The van der Waals surface area contributed by atoms with Gasteiger partial charge in [0.1, 0.15) is 0 Å². The zero-order chi connectivity index (χ0) is 37.0. The predicted octanol–water partition coefficient (Wildman–Crippen LogP) is 12.7. The third-order valence-electron chi connectivity index (χ3n) is 10.8. The van der Waals surface area contributed by atoms with E-state index in [0.717, 1.165) is 39.2 Å². The van der Waals surface area contributed by atoms with Gasteiger partial charge in [-0.3, -0.25) is 0 Å². The molecule has 5 heteroatoms. The Morgan fingerprint density at radius 1 is 0.250 bits per heavy atom. The normalized spacial score (nSPS) is 11.6. The molecule has 0 aliphatic heterocycles. The largest absolute Gasteiger partial charge is 0.309 e. The standard InChI is InChI=1S/C51H33N5/c1-4-15-35(16-5-1)49-52-50(36-17-6-2-7-18-36)54-51(53-49)38-20-14-19-37(31-38)34-27-29-40(30-28-34)56-46-26-13-11-24-42(46)44-32-43-41-23-10-12-25-45(41)55(47(43)33-48(44)56)39-21-8-3-9-22-39/h1-33H. The third-order valence-corrected chi connectivity index (χ3v) is 10.8. The van der Waals surface area contributed by atoms with Crippen molar-refractivity contribution in [1.29, 1.82) is 0 Å². The third kappa shape index (κ3) is 5.29. The van der Waals surface area contributed by atoms with Crippen molar-refractivity contribution < 1.29 is 0 Å². The Morgan fingerprint density at radius 2 is 0.679 bits per heavy atom. The molecule has 0 aliphatic rings. The van der Waals surface area contributed by atoms with Crippen LogP contribution in [0.15, 0.2) is 200 Å². The van der Waals surface area contributed by atoms with Gasteiger partial charge in [-0.2, -0.15) is 0 Å². The summed E-state index contributed by atoms with van der Waals surface area (Å²) in [6.45, 7) is 0. The highest BCUT2D eigenvalue weighted by Crippen LogP contribution is 2.40. The number of rotatable bonds is 6. The van der Waals surface area contributed by atoms with Crippen LogP contribution in [-0.4, -0.2) is 24.1 Å². The van der Waals surface area contributed by atoms with Crippen LogP contribution < -0.4 is 0 Å². The van der Waals surface area contributed by atoms with Gasteiger partial charge in [-0.1, -0.05) is 146 Å². The van der Waals surface area contributed by atoms with Crippen LogP contribution in [0, 0.1) is 0 Å². The van der Waals surface area contributed by atoms with Crippen LogP contribution in [0.3, 0.4) is 0 Å². The summed E-state index contributed by atoms with van der Waals surface area (Å²) in [5.74, 6) is 1.94. The van der Waals surface area contributed by atoms with Crippen molar-refractivity contribution in [2.24, 2.45) is 0 Å². The maximum Gasteiger partial charge on any atom is 0.164 e. The number of hydrogen-bond acceptors (Lipinski definition) is 3. The lowest BCUT2D eigenvalue weighted by Gasteiger charge is -2.12. The summed E-state index contributed by atoms with van der Waals surface area (Å²) in [5, 5.41) is 4.98. The zero-order valence-corrected chi connectivity index (χ0v) is 30.3. The van der Waals surface area contributed by atoms with Crippen molar-refractivity contribution in [3.8, 4) is 56.7 Å². The molecule has 0 radical (unpaired) electrons. The lowest BCUT2D eigenvalue weighted by atomic mass is 10.0. The van der Waals surface area contributed by atoms with Gasteiger partial charge in [0.15, 0.2) is 17.5 Å². The van der Waals surface area contributed by atoms with Crippen LogP contribution in [0.2, 0.25) is 0 Å². The predicted molar refractivity (Wildman–Crippen MR) is 230 cm³/mol. The van der Waals surface area contributed by atoms with Crippen molar-refractivity contribution in [1.82, 2.24) is 24.1 Å². The van der Waals surface area contributed by atoms with Crippen LogP contribution in [0.5, 0.6) is 0 Å². The molecule has 0 atom stereocenters. The van der Waals surface area contributed by atoms with Crippen molar-refractivity contribution in [3.63, 3.8) is 0 Å². The van der Waals surface area contributed by atoms with E-state index in [1.165, 1.54) is 43.6 Å². The van der Waals surface area contributed by atoms with Crippen molar-refractivity contribution in [2.45, 2.75) is 0 Å². The van der Waals surface area contributed by atoms with Gasteiger partial charge >= 0.3 is 0 Å². The maximum absolute atomic E-state index is 4.97. The first kappa shape index (κ1) is 31.9. The first-order valence-electron chi connectivity index (χ1n) is 18.9. The number of hydrogen-bond donors (Lipinski definition) is 0. The summed E-state index contributed by atoms with van der Waals surface area (Å²) in [7, 11) is 0. The molecule has 3 heterocycles.